The Labute approximate surface area is 112 Å². The second kappa shape index (κ2) is 5.73. The standard InChI is InChI=1S/C13H9BrFNO2/c14-10-5-12(7-16-6-10)18-8-13(17)9-2-1-3-11(15)4-9/h1-7H,8H2. The molecule has 0 amide bonds. The Bertz CT molecular complexity index is 574. The molecule has 0 saturated carbocycles. The summed E-state index contributed by atoms with van der Waals surface area (Å²) in [5.41, 5.74) is 0.290. The Morgan fingerprint density at radius 1 is 1.33 bits per heavy atom. The van der Waals surface area contributed by atoms with Gasteiger partial charge in [0.25, 0.3) is 0 Å². The molecular weight excluding hydrogens is 301 g/mol. The first-order valence-electron chi connectivity index (χ1n) is 5.17. The normalized spacial score (nSPS) is 10.1. The van der Waals surface area contributed by atoms with Crippen LogP contribution < -0.4 is 4.74 Å². The second-order valence-electron chi connectivity index (χ2n) is 3.56. The first-order valence-corrected chi connectivity index (χ1v) is 5.96. The molecule has 0 aliphatic carbocycles. The second-order valence-corrected chi connectivity index (χ2v) is 4.48. The molecule has 2 aromatic rings. The summed E-state index contributed by atoms with van der Waals surface area (Å²) in [5.74, 6) is -0.242. The van der Waals surface area contributed by atoms with Gasteiger partial charge in [0.2, 0.25) is 0 Å². The summed E-state index contributed by atoms with van der Waals surface area (Å²) in [6.07, 6.45) is 3.12. The van der Waals surface area contributed by atoms with Crippen LogP contribution in [0.5, 0.6) is 5.75 Å². The molecule has 3 nitrogen and oxygen atoms in total. The highest BCUT2D eigenvalue weighted by Gasteiger charge is 2.07. The Balaban J connectivity index is 2.00. The predicted octanol–water partition coefficient (Wildman–Crippen LogP) is 3.24. The zero-order chi connectivity index (χ0) is 13.0. The number of pyridine rings is 1. The highest BCUT2D eigenvalue weighted by atomic mass is 79.9. The van der Waals surface area contributed by atoms with Gasteiger partial charge in [0.15, 0.2) is 12.4 Å². The van der Waals surface area contributed by atoms with E-state index in [9.17, 15) is 9.18 Å². The highest BCUT2D eigenvalue weighted by molar-refractivity contribution is 9.10. The number of halogens is 2. The van der Waals surface area contributed by atoms with E-state index >= 15 is 0 Å². The Morgan fingerprint density at radius 2 is 2.17 bits per heavy atom. The lowest BCUT2D eigenvalue weighted by molar-refractivity contribution is 0.0921. The Kier molecular flexibility index (Phi) is 4.04. The van der Waals surface area contributed by atoms with Crippen LogP contribution in [0.2, 0.25) is 0 Å². The molecule has 18 heavy (non-hydrogen) atoms. The molecule has 1 heterocycles. The van der Waals surface area contributed by atoms with Gasteiger partial charge in [-0.15, -0.1) is 0 Å². The number of carbonyl (C=O) groups is 1. The van der Waals surface area contributed by atoms with Gasteiger partial charge in [0.05, 0.1) is 6.20 Å². The lowest BCUT2D eigenvalue weighted by atomic mass is 10.1. The maximum Gasteiger partial charge on any atom is 0.200 e. The van der Waals surface area contributed by atoms with Crippen LogP contribution in [0.1, 0.15) is 10.4 Å². The van der Waals surface area contributed by atoms with Crippen LogP contribution >= 0.6 is 15.9 Å². The summed E-state index contributed by atoms with van der Waals surface area (Å²) in [4.78, 5) is 15.6. The van der Waals surface area contributed by atoms with Crippen molar-refractivity contribution in [3.8, 4) is 5.75 Å². The Hall–Kier alpha value is -1.75. The molecule has 0 spiro atoms. The van der Waals surface area contributed by atoms with Crippen molar-refractivity contribution in [1.29, 1.82) is 0 Å². The lowest BCUT2D eigenvalue weighted by Gasteiger charge is -2.05. The molecule has 2 rings (SSSR count). The number of hydrogen-bond donors (Lipinski definition) is 0. The van der Waals surface area contributed by atoms with Crippen molar-refractivity contribution in [2.45, 2.75) is 0 Å². The van der Waals surface area contributed by atoms with Gasteiger partial charge in [-0.2, -0.15) is 0 Å². The molecule has 5 heteroatoms. The van der Waals surface area contributed by atoms with E-state index in [1.807, 2.05) is 0 Å². The van der Waals surface area contributed by atoms with Gasteiger partial charge < -0.3 is 4.74 Å². The van der Waals surface area contributed by atoms with Gasteiger partial charge >= 0.3 is 0 Å². The van der Waals surface area contributed by atoms with E-state index in [0.717, 1.165) is 4.47 Å². The Morgan fingerprint density at radius 3 is 2.89 bits per heavy atom. The minimum absolute atomic E-state index is 0.151. The van der Waals surface area contributed by atoms with Gasteiger partial charge in [-0.1, -0.05) is 12.1 Å². The van der Waals surface area contributed by atoms with E-state index in [-0.39, 0.29) is 18.0 Å². The zero-order valence-corrected chi connectivity index (χ0v) is 10.9. The lowest BCUT2D eigenvalue weighted by Crippen LogP contribution is -2.11. The largest absolute Gasteiger partial charge is 0.484 e. The van der Waals surface area contributed by atoms with Crippen LogP contribution in [0, 0.1) is 5.82 Å². The number of carbonyl (C=O) groups excluding carboxylic acids is 1. The zero-order valence-electron chi connectivity index (χ0n) is 9.27. The molecule has 1 aromatic carbocycles. The van der Waals surface area contributed by atoms with Gasteiger partial charge in [0, 0.05) is 16.2 Å². The maximum atomic E-state index is 12.9. The topological polar surface area (TPSA) is 39.2 Å². The molecular formula is C13H9BrFNO2. The summed E-state index contributed by atoms with van der Waals surface area (Å²) in [6.45, 7) is -0.151. The quantitative estimate of drug-likeness (QED) is 0.814. The van der Waals surface area contributed by atoms with Gasteiger partial charge in [-0.05, 0) is 34.1 Å². The van der Waals surface area contributed by atoms with E-state index in [1.165, 1.54) is 24.4 Å². The maximum absolute atomic E-state index is 12.9. The monoisotopic (exact) mass is 309 g/mol. The molecule has 92 valence electrons. The van der Waals surface area contributed by atoms with Crippen molar-refractivity contribution in [2.24, 2.45) is 0 Å². The summed E-state index contributed by atoms with van der Waals surface area (Å²) in [5, 5.41) is 0. The molecule has 0 unspecified atom stereocenters. The number of benzene rings is 1. The average molecular weight is 310 g/mol. The molecule has 0 fully saturated rings. The summed E-state index contributed by atoms with van der Waals surface area (Å²) < 4.78 is 19.0. The number of rotatable bonds is 4. The van der Waals surface area contributed by atoms with Crippen LogP contribution in [0.25, 0.3) is 0 Å². The fraction of sp³-hybridized carbons (Fsp3) is 0.0769. The predicted molar refractivity (Wildman–Crippen MR) is 68.2 cm³/mol. The van der Waals surface area contributed by atoms with Crippen molar-refractivity contribution in [1.82, 2.24) is 4.98 Å². The number of nitrogens with zero attached hydrogens (tertiary/aromatic N) is 1. The molecule has 0 radical (unpaired) electrons. The molecule has 0 atom stereocenters. The van der Waals surface area contributed by atoms with Crippen LogP contribution in [-0.2, 0) is 0 Å². The molecule has 0 bridgehead atoms. The van der Waals surface area contributed by atoms with E-state index in [0.29, 0.717) is 5.75 Å². The van der Waals surface area contributed by atoms with Crippen molar-refractivity contribution in [3.63, 3.8) is 0 Å². The number of Topliss-reactive ketones (excluding diaryl/α,β-unsaturated/α-hetero) is 1. The summed E-state index contributed by atoms with van der Waals surface area (Å²) in [6, 6.07) is 7.21. The SMILES string of the molecule is O=C(COc1cncc(Br)c1)c1cccc(F)c1. The van der Waals surface area contributed by atoms with Crippen LogP contribution in [-0.4, -0.2) is 17.4 Å². The number of ketones is 1. The first kappa shape index (κ1) is 12.7. The van der Waals surface area contributed by atoms with Crippen LogP contribution in [0.3, 0.4) is 0 Å². The third-order valence-corrected chi connectivity index (χ3v) is 2.63. The van der Waals surface area contributed by atoms with Crippen LogP contribution in [0.15, 0.2) is 47.2 Å². The van der Waals surface area contributed by atoms with Crippen LogP contribution in [0.4, 0.5) is 4.39 Å². The highest BCUT2D eigenvalue weighted by Crippen LogP contribution is 2.16. The van der Waals surface area contributed by atoms with Gasteiger partial charge in [0.1, 0.15) is 11.6 Å². The molecule has 0 saturated heterocycles. The molecule has 0 aliphatic rings. The molecule has 0 N–H and O–H groups in total. The van der Waals surface area contributed by atoms with Gasteiger partial charge in [-0.3, -0.25) is 9.78 Å². The van der Waals surface area contributed by atoms with Gasteiger partial charge in [-0.25, -0.2) is 4.39 Å². The average Bonchev–Trinajstić information content (AvgIpc) is 2.36. The molecule has 0 aliphatic heterocycles. The van der Waals surface area contributed by atoms with E-state index < -0.39 is 5.82 Å². The fourth-order valence-electron chi connectivity index (χ4n) is 1.37. The smallest absolute Gasteiger partial charge is 0.200 e. The van der Waals surface area contributed by atoms with E-state index in [2.05, 4.69) is 20.9 Å². The number of aromatic nitrogens is 1. The molecule has 1 aromatic heterocycles. The fourth-order valence-corrected chi connectivity index (χ4v) is 1.71. The minimum atomic E-state index is -0.440. The van der Waals surface area contributed by atoms with E-state index in [4.69, 9.17) is 4.74 Å². The number of hydrogen-bond acceptors (Lipinski definition) is 3. The minimum Gasteiger partial charge on any atom is -0.484 e. The van der Waals surface area contributed by atoms with E-state index in [1.54, 1.807) is 18.3 Å². The van der Waals surface area contributed by atoms with Crippen molar-refractivity contribution < 1.29 is 13.9 Å². The van der Waals surface area contributed by atoms with Crippen molar-refractivity contribution >= 4 is 21.7 Å². The van der Waals surface area contributed by atoms with Crippen molar-refractivity contribution in [3.05, 3.63) is 58.6 Å². The summed E-state index contributed by atoms with van der Waals surface area (Å²) >= 11 is 3.25. The van der Waals surface area contributed by atoms with Crippen molar-refractivity contribution in [2.75, 3.05) is 6.61 Å². The third-order valence-electron chi connectivity index (χ3n) is 2.20. The third kappa shape index (κ3) is 3.37. The summed E-state index contributed by atoms with van der Waals surface area (Å²) in [7, 11) is 0. The first-order chi connectivity index (χ1) is 8.65. The number of ether oxygens (including phenoxy) is 1.